The molecule has 1 fully saturated rings. The summed E-state index contributed by atoms with van der Waals surface area (Å²) in [6.07, 6.45) is 3.40. The lowest BCUT2D eigenvalue weighted by atomic mass is 9.83. The molecular formula is C26H32Cl2N2O4S. The molecule has 0 unspecified atom stereocenters. The highest BCUT2D eigenvalue weighted by Gasteiger charge is 2.40. The highest BCUT2D eigenvalue weighted by atomic mass is 35.5. The first-order chi connectivity index (χ1) is 16.7. The lowest BCUT2D eigenvalue weighted by Crippen LogP contribution is -2.47. The van der Waals surface area contributed by atoms with Crippen molar-refractivity contribution in [1.82, 2.24) is 9.62 Å². The first-order valence-corrected chi connectivity index (χ1v) is 14.5. The number of nitrogens with one attached hydrogen (secondary N) is 1. The third-order valence-corrected chi connectivity index (χ3v) is 9.79. The van der Waals surface area contributed by atoms with Gasteiger partial charge in [-0.05, 0) is 49.4 Å². The maximum absolute atomic E-state index is 13.2. The average Bonchev–Trinajstić information content (AvgIpc) is 2.85. The topological polar surface area (TPSA) is 75.7 Å². The van der Waals surface area contributed by atoms with Crippen molar-refractivity contribution in [3.05, 3.63) is 63.6 Å². The van der Waals surface area contributed by atoms with Crippen molar-refractivity contribution in [1.29, 1.82) is 0 Å². The number of carbonyl (C=O) groups is 1. The smallest absolute Gasteiger partial charge is 0.223 e. The maximum Gasteiger partial charge on any atom is 0.223 e. The van der Waals surface area contributed by atoms with Gasteiger partial charge in [-0.1, -0.05) is 61.3 Å². The van der Waals surface area contributed by atoms with Gasteiger partial charge >= 0.3 is 0 Å². The van der Waals surface area contributed by atoms with Crippen molar-refractivity contribution in [2.75, 3.05) is 13.1 Å². The van der Waals surface area contributed by atoms with Gasteiger partial charge in [0.25, 0.3) is 0 Å². The Kier molecular flexibility index (Phi) is 8.01. The highest BCUT2D eigenvalue weighted by molar-refractivity contribution is 7.88. The third kappa shape index (κ3) is 5.79. The van der Waals surface area contributed by atoms with Gasteiger partial charge in [-0.3, -0.25) is 4.79 Å². The second-order valence-electron chi connectivity index (χ2n) is 9.46. The standard InChI is InChI=1S/C26H32Cl2N2O4S/c1-3-26(4-2)16-23(21-7-5-6-8-24(21)34-26)29-25(31)18-11-13-30(14-12-18)35(32,33)17-19-9-10-20(27)15-22(19)28/h5-10,15,18,23H,3-4,11-14,16-17H2,1-2H3,(H,29,31)/t23-/m0/s1. The summed E-state index contributed by atoms with van der Waals surface area (Å²) in [6.45, 7) is 4.85. The van der Waals surface area contributed by atoms with Crippen LogP contribution in [0.2, 0.25) is 10.0 Å². The molecule has 0 aromatic heterocycles. The number of piperidine rings is 1. The van der Waals surface area contributed by atoms with E-state index in [0.29, 0.717) is 41.5 Å². The van der Waals surface area contributed by atoms with Crippen molar-refractivity contribution in [2.24, 2.45) is 5.92 Å². The minimum atomic E-state index is -3.55. The monoisotopic (exact) mass is 538 g/mol. The molecule has 2 aliphatic rings. The number of halogens is 2. The van der Waals surface area contributed by atoms with Crippen LogP contribution in [0.25, 0.3) is 0 Å². The van der Waals surface area contributed by atoms with Gasteiger partial charge in [0, 0.05) is 41.0 Å². The van der Waals surface area contributed by atoms with Gasteiger partial charge < -0.3 is 10.1 Å². The van der Waals surface area contributed by atoms with Crippen molar-refractivity contribution < 1.29 is 17.9 Å². The van der Waals surface area contributed by atoms with E-state index in [2.05, 4.69) is 19.2 Å². The van der Waals surface area contributed by atoms with Crippen LogP contribution in [0, 0.1) is 5.92 Å². The Labute approximate surface area is 218 Å². The van der Waals surface area contributed by atoms with E-state index < -0.39 is 10.0 Å². The van der Waals surface area contributed by atoms with E-state index in [9.17, 15) is 13.2 Å². The second-order valence-corrected chi connectivity index (χ2v) is 12.3. The lowest BCUT2D eigenvalue weighted by Gasteiger charge is -2.42. The first-order valence-electron chi connectivity index (χ1n) is 12.2. The average molecular weight is 540 g/mol. The molecule has 1 N–H and O–H groups in total. The minimum Gasteiger partial charge on any atom is -0.487 e. The number of hydrogen-bond donors (Lipinski definition) is 1. The van der Waals surface area contributed by atoms with E-state index in [0.717, 1.165) is 30.6 Å². The number of sulfonamides is 1. The van der Waals surface area contributed by atoms with Crippen LogP contribution < -0.4 is 10.1 Å². The van der Waals surface area contributed by atoms with Gasteiger partial charge in [0.2, 0.25) is 15.9 Å². The van der Waals surface area contributed by atoms with Crippen LogP contribution >= 0.6 is 23.2 Å². The van der Waals surface area contributed by atoms with Crippen molar-refractivity contribution >= 4 is 39.1 Å². The van der Waals surface area contributed by atoms with Crippen LogP contribution in [0.3, 0.4) is 0 Å². The molecule has 1 atom stereocenters. The summed E-state index contributed by atoms with van der Waals surface area (Å²) >= 11 is 12.1. The number of hydrogen-bond acceptors (Lipinski definition) is 4. The molecule has 0 spiro atoms. The normalized spacial score (nSPS) is 20.6. The zero-order valence-corrected chi connectivity index (χ0v) is 22.4. The van der Waals surface area contributed by atoms with Crippen LogP contribution in [0.4, 0.5) is 0 Å². The Morgan fingerprint density at radius 2 is 1.80 bits per heavy atom. The summed E-state index contributed by atoms with van der Waals surface area (Å²) in [4.78, 5) is 13.2. The summed E-state index contributed by atoms with van der Waals surface area (Å²) in [5.41, 5.74) is 1.22. The predicted molar refractivity (Wildman–Crippen MR) is 139 cm³/mol. The van der Waals surface area contributed by atoms with E-state index in [-0.39, 0.29) is 29.2 Å². The zero-order chi connectivity index (χ0) is 25.2. The molecule has 2 heterocycles. The van der Waals surface area contributed by atoms with Crippen LogP contribution in [-0.2, 0) is 20.6 Å². The van der Waals surface area contributed by atoms with E-state index >= 15 is 0 Å². The molecule has 35 heavy (non-hydrogen) atoms. The Hall–Kier alpha value is -1.80. The number of benzene rings is 2. The Morgan fingerprint density at radius 3 is 2.46 bits per heavy atom. The zero-order valence-electron chi connectivity index (χ0n) is 20.1. The van der Waals surface area contributed by atoms with E-state index in [1.54, 1.807) is 18.2 Å². The molecule has 0 aliphatic carbocycles. The molecule has 1 saturated heterocycles. The number of fused-ring (bicyclic) bond motifs is 1. The van der Waals surface area contributed by atoms with Crippen LogP contribution in [-0.4, -0.2) is 37.3 Å². The molecule has 9 heteroatoms. The van der Waals surface area contributed by atoms with Gasteiger partial charge in [0.05, 0.1) is 11.8 Å². The van der Waals surface area contributed by atoms with E-state index in [1.165, 1.54) is 4.31 Å². The van der Waals surface area contributed by atoms with Gasteiger partial charge in [0.15, 0.2) is 0 Å². The van der Waals surface area contributed by atoms with Crippen LogP contribution in [0.15, 0.2) is 42.5 Å². The SMILES string of the molecule is CCC1(CC)C[C@H](NC(=O)C2CCN(S(=O)(=O)Cc3ccc(Cl)cc3Cl)CC2)c2ccccc2O1. The highest BCUT2D eigenvalue weighted by Crippen LogP contribution is 2.43. The molecule has 4 rings (SSSR count). The number of nitrogens with zero attached hydrogens (tertiary/aromatic N) is 1. The summed E-state index contributed by atoms with van der Waals surface area (Å²) in [5, 5.41) is 4.06. The summed E-state index contributed by atoms with van der Waals surface area (Å²) < 4.78 is 33.8. The molecule has 2 aromatic carbocycles. The Morgan fingerprint density at radius 1 is 1.11 bits per heavy atom. The van der Waals surface area contributed by atoms with Crippen LogP contribution in [0.5, 0.6) is 5.75 Å². The number of amides is 1. The summed E-state index contributed by atoms with van der Waals surface area (Å²) in [6, 6.07) is 12.6. The number of rotatable bonds is 7. The number of carbonyl (C=O) groups excluding carboxylic acids is 1. The van der Waals surface area contributed by atoms with Crippen molar-refractivity contribution in [3.63, 3.8) is 0 Å². The third-order valence-electron chi connectivity index (χ3n) is 7.37. The molecule has 2 aromatic rings. The molecule has 190 valence electrons. The van der Waals surface area contributed by atoms with Crippen molar-refractivity contribution in [2.45, 2.75) is 63.3 Å². The van der Waals surface area contributed by atoms with Gasteiger partial charge in [-0.2, -0.15) is 0 Å². The number of ether oxygens (including phenoxy) is 1. The Balaban J connectivity index is 1.39. The molecular weight excluding hydrogens is 507 g/mol. The molecule has 1 amide bonds. The van der Waals surface area contributed by atoms with Gasteiger partial charge in [-0.25, -0.2) is 12.7 Å². The number of para-hydroxylation sites is 1. The Bertz CT molecular complexity index is 1180. The molecule has 6 nitrogen and oxygen atoms in total. The maximum atomic E-state index is 13.2. The first kappa shape index (κ1) is 26.3. The van der Waals surface area contributed by atoms with Crippen molar-refractivity contribution in [3.8, 4) is 5.75 Å². The fourth-order valence-corrected chi connectivity index (χ4v) is 7.19. The predicted octanol–water partition coefficient (Wildman–Crippen LogP) is 5.73. The minimum absolute atomic E-state index is 0.0226. The molecule has 0 radical (unpaired) electrons. The van der Waals surface area contributed by atoms with E-state index in [4.69, 9.17) is 27.9 Å². The molecule has 0 saturated carbocycles. The fraction of sp³-hybridized carbons (Fsp3) is 0.500. The molecule has 0 bridgehead atoms. The lowest BCUT2D eigenvalue weighted by molar-refractivity contribution is -0.127. The van der Waals surface area contributed by atoms with Gasteiger partial charge in [-0.15, -0.1) is 0 Å². The molecule has 2 aliphatic heterocycles. The quantitative estimate of drug-likeness (QED) is 0.488. The van der Waals surface area contributed by atoms with E-state index in [1.807, 2.05) is 24.3 Å². The largest absolute Gasteiger partial charge is 0.487 e. The van der Waals surface area contributed by atoms with Gasteiger partial charge in [0.1, 0.15) is 11.4 Å². The van der Waals surface area contributed by atoms with Crippen LogP contribution in [0.1, 0.15) is 63.1 Å². The summed E-state index contributed by atoms with van der Waals surface area (Å²) in [7, 11) is -3.55. The second kappa shape index (κ2) is 10.7. The summed E-state index contributed by atoms with van der Waals surface area (Å²) in [5.74, 6) is 0.392. The fourth-order valence-electron chi connectivity index (χ4n) is 5.04.